The molecule has 1 aliphatic rings. The van der Waals surface area contributed by atoms with Crippen molar-refractivity contribution < 1.29 is 23.9 Å². The summed E-state index contributed by atoms with van der Waals surface area (Å²) in [5.41, 5.74) is 3.55. The van der Waals surface area contributed by atoms with E-state index in [4.69, 9.17) is 4.74 Å². The molecule has 0 bridgehead atoms. The molecule has 0 aliphatic heterocycles. The van der Waals surface area contributed by atoms with Crippen LogP contribution in [0.25, 0.3) is 0 Å². The summed E-state index contributed by atoms with van der Waals surface area (Å²) in [5.74, 6) is -0.0514. The first-order chi connectivity index (χ1) is 14.1. The van der Waals surface area contributed by atoms with Crippen molar-refractivity contribution in [2.24, 2.45) is 0 Å². The maximum absolute atomic E-state index is 12.8. The molecule has 1 amide bonds. The average Bonchev–Trinajstić information content (AvgIpc) is 2.76. The van der Waals surface area contributed by atoms with Gasteiger partial charge in [0.05, 0.1) is 13.2 Å². The average molecular weight is 402 g/mol. The minimum absolute atomic E-state index is 0.0187. The zero-order chi connectivity index (χ0) is 21.1. The molecule has 0 unspecified atom stereocenters. The molecule has 0 fully saturated rings. The van der Waals surface area contributed by atoms with Crippen LogP contribution in [0.1, 0.15) is 48.0 Å². The molecule has 0 spiro atoms. The molecule has 1 N–H and O–H groups in total. The molecular weight excluding hydrogens is 372 g/mol. The van der Waals surface area contributed by atoms with Gasteiger partial charge >= 0.3 is 0 Å². The van der Waals surface area contributed by atoms with Crippen LogP contribution in [0.3, 0.4) is 0 Å². The van der Waals surface area contributed by atoms with E-state index < -0.39 is 0 Å². The fraction of sp³-hybridized carbons (Fsp3) is 0.500. The SMILES string of the molecule is CNC1=C(C(=O)c2ccc(CN(C)C(=O)COCCCOC=O)cc2)CCCC1. The number of nitrogens with one attached hydrogen (secondary N) is 1. The van der Waals surface area contributed by atoms with E-state index in [0.717, 1.165) is 42.5 Å². The fourth-order valence-electron chi connectivity index (χ4n) is 3.29. The van der Waals surface area contributed by atoms with Crippen molar-refractivity contribution in [3.63, 3.8) is 0 Å². The summed E-state index contributed by atoms with van der Waals surface area (Å²) in [7, 11) is 3.58. The molecule has 1 aliphatic carbocycles. The van der Waals surface area contributed by atoms with Gasteiger partial charge in [-0.1, -0.05) is 24.3 Å². The smallest absolute Gasteiger partial charge is 0.293 e. The van der Waals surface area contributed by atoms with E-state index in [9.17, 15) is 14.4 Å². The quantitative estimate of drug-likeness (QED) is 0.328. The number of Topliss-reactive ketones (excluding diaryl/α,β-unsaturated/α-hetero) is 1. The van der Waals surface area contributed by atoms with Gasteiger partial charge in [0.2, 0.25) is 5.91 Å². The first kappa shape index (κ1) is 22.6. The second kappa shape index (κ2) is 12.0. The molecule has 1 aromatic carbocycles. The van der Waals surface area contributed by atoms with E-state index in [-0.39, 0.29) is 24.9 Å². The van der Waals surface area contributed by atoms with Crippen LogP contribution in [-0.4, -0.2) is 57.0 Å². The number of allylic oxidation sites excluding steroid dienone is 2. The van der Waals surface area contributed by atoms with Gasteiger partial charge in [0, 0.05) is 43.9 Å². The van der Waals surface area contributed by atoms with Crippen molar-refractivity contribution in [1.29, 1.82) is 0 Å². The van der Waals surface area contributed by atoms with Crippen LogP contribution in [0.15, 0.2) is 35.5 Å². The Bertz CT molecular complexity index is 727. The topological polar surface area (TPSA) is 84.9 Å². The monoisotopic (exact) mass is 402 g/mol. The molecule has 7 heteroatoms. The molecule has 0 atom stereocenters. The second-order valence-corrected chi connectivity index (χ2v) is 7.06. The number of hydrogen-bond acceptors (Lipinski definition) is 6. The third-order valence-corrected chi connectivity index (χ3v) is 4.95. The number of amides is 1. The number of ether oxygens (including phenoxy) is 2. The van der Waals surface area contributed by atoms with Gasteiger partial charge in [-0.2, -0.15) is 0 Å². The van der Waals surface area contributed by atoms with Crippen molar-refractivity contribution in [2.75, 3.05) is 33.9 Å². The highest BCUT2D eigenvalue weighted by molar-refractivity contribution is 6.09. The van der Waals surface area contributed by atoms with E-state index in [1.807, 2.05) is 31.3 Å². The summed E-state index contributed by atoms with van der Waals surface area (Å²) in [5, 5.41) is 3.17. The molecule has 2 rings (SSSR count). The van der Waals surface area contributed by atoms with Gasteiger partial charge in [-0.3, -0.25) is 14.4 Å². The number of carbonyl (C=O) groups excluding carboxylic acids is 3. The Kier molecular flexibility index (Phi) is 9.37. The van der Waals surface area contributed by atoms with Crippen LogP contribution in [-0.2, 0) is 25.6 Å². The van der Waals surface area contributed by atoms with E-state index in [0.29, 0.717) is 31.6 Å². The maximum atomic E-state index is 12.8. The molecule has 0 saturated carbocycles. The lowest BCUT2D eigenvalue weighted by molar-refractivity contribution is -0.136. The number of hydrogen-bond donors (Lipinski definition) is 1. The lowest BCUT2D eigenvalue weighted by Gasteiger charge is -2.20. The van der Waals surface area contributed by atoms with E-state index in [1.165, 1.54) is 0 Å². The number of nitrogens with zero attached hydrogens (tertiary/aromatic N) is 1. The molecule has 7 nitrogen and oxygen atoms in total. The van der Waals surface area contributed by atoms with E-state index in [2.05, 4.69) is 10.1 Å². The van der Waals surface area contributed by atoms with Crippen molar-refractivity contribution in [2.45, 2.75) is 38.6 Å². The molecule has 0 aromatic heterocycles. The molecule has 0 radical (unpaired) electrons. The predicted octanol–water partition coefficient (Wildman–Crippen LogP) is 2.45. The number of carbonyl (C=O) groups is 3. The normalized spacial score (nSPS) is 13.7. The molecule has 0 heterocycles. The number of benzene rings is 1. The van der Waals surface area contributed by atoms with Crippen LogP contribution in [0, 0.1) is 0 Å². The summed E-state index contributed by atoms with van der Waals surface area (Å²) < 4.78 is 9.85. The van der Waals surface area contributed by atoms with Crippen molar-refractivity contribution in [3.8, 4) is 0 Å². The molecule has 29 heavy (non-hydrogen) atoms. The molecule has 158 valence electrons. The van der Waals surface area contributed by atoms with Crippen LogP contribution in [0.2, 0.25) is 0 Å². The Morgan fingerprint density at radius 1 is 1.14 bits per heavy atom. The largest absolute Gasteiger partial charge is 0.468 e. The summed E-state index contributed by atoms with van der Waals surface area (Å²) in [6.07, 6.45) is 4.45. The van der Waals surface area contributed by atoms with Gasteiger partial charge in [0.25, 0.3) is 6.47 Å². The predicted molar refractivity (Wildman–Crippen MR) is 109 cm³/mol. The molecule has 0 saturated heterocycles. The Morgan fingerprint density at radius 3 is 2.55 bits per heavy atom. The Labute approximate surface area is 172 Å². The minimum atomic E-state index is -0.132. The highest BCUT2D eigenvalue weighted by atomic mass is 16.5. The minimum Gasteiger partial charge on any atom is -0.468 e. The Balaban J connectivity index is 1.85. The number of rotatable bonds is 12. The highest BCUT2D eigenvalue weighted by Crippen LogP contribution is 2.26. The standard InChI is InChI=1S/C22H30N2O5/c1-23-20-7-4-3-6-19(20)22(27)18-10-8-17(9-11-18)14-24(2)21(26)15-28-12-5-13-29-16-25/h8-11,16,23H,3-7,12-15H2,1-2H3. The lowest BCUT2D eigenvalue weighted by atomic mass is 9.90. The maximum Gasteiger partial charge on any atom is 0.293 e. The molecule has 1 aromatic rings. The number of ketones is 1. The van der Waals surface area contributed by atoms with Gasteiger partial charge in [0.1, 0.15) is 6.61 Å². The zero-order valence-corrected chi connectivity index (χ0v) is 17.2. The zero-order valence-electron chi connectivity index (χ0n) is 17.2. The number of likely N-dealkylation sites (N-methyl/N-ethyl adjacent to an activating group) is 1. The Morgan fingerprint density at radius 2 is 1.86 bits per heavy atom. The summed E-state index contributed by atoms with van der Waals surface area (Å²) in [6, 6.07) is 7.43. The first-order valence-corrected chi connectivity index (χ1v) is 9.97. The summed E-state index contributed by atoms with van der Waals surface area (Å²) in [6.45, 7) is 1.45. The van der Waals surface area contributed by atoms with Gasteiger partial charge in [0.15, 0.2) is 5.78 Å². The molecular formula is C22H30N2O5. The summed E-state index contributed by atoms with van der Waals surface area (Å²) in [4.78, 5) is 36.6. The van der Waals surface area contributed by atoms with Gasteiger partial charge in [-0.15, -0.1) is 0 Å². The van der Waals surface area contributed by atoms with Crippen molar-refractivity contribution in [1.82, 2.24) is 10.2 Å². The van der Waals surface area contributed by atoms with Crippen LogP contribution >= 0.6 is 0 Å². The van der Waals surface area contributed by atoms with Gasteiger partial charge in [-0.05, 0) is 31.2 Å². The highest BCUT2D eigenvalue weighted by Gasteiger charge is 2.20. The lowest BCUT2D eigenvalue weighted by Crippen LogP contribution is -2.30. The van der Waals surface area contributed by atoms with Crippen molar-refractivity contribution in [3.05, 3.63) is 46.7 Å². The summed E-state index contributed by atoms with van der Waals surface area (Å²) >= 11 is 0. The third kappa shape index (κ3) is 7.02. The van der Waals surface area contributed by atoms with E-state index in [1.54, 1.807) is 11.9 Å². The van der Waals surface area contributed by atoms with Crippen LogP contribution in [0.4, 0.5) is 0 Å². The first-order valence-electron chi connectivity index (χ1n) is 9.97. The fourth-order valence-corrected chi connectivity index (χ4v) is 3.29. The van der Waals surface area contributed by atoms with E-state index >= 15 is 0 Å². The van der Waals surface area contributed by atoms with Gasteiger partial charge < -0.3 is 19.7 Å². The van der Waals surface area contributed by atoms with Crippen LogP contribution < -0.4 is 5.32 Å². The van der Waals surface area contributed by atoms with Gasteiger partial charge in [-0.25, -0.2) is 0 Å². The Hall–Kier alpha value is -2.67. The van der Waals surface area contributed by atoms with Crippen molar-refractivity contribution >= 4 is 18.2 Å². The third-order valence-electron chi connectivity index (χ3n) is 4.95. The van der Waals surface area contributed by atoms with Crippen LogP contribution in [0.5, 0.6) is 0 Å². The second-order valence-electron chi connectivity index (χ2n) is 7.06.